The van der Waals surface area contributed by atoms with Gasteiger partial charge in [0.1, 0.15) is 0 Å². The van der Waals surface area contributed by atoms with Gasteiger partial charge in [-0.3, -0.25) is 9.59 Å². The third-order valence-corrected chi connectivity index (χ3v) is 6.63. The zero-order valence-electron chi connectivity index (χ0n) is 19.0. The van der Waals surface area contributed by atoms with Crippen LogP contribution in [-0.4, -0.2) is 54.9 Å². The first-order valence-electron chi connectivity index (χ1n) is 11.9. The topological polar surface area (TPSA) is 77.0 Å². The molecular formula is C24H36IN5O2. The summed E-state index contributed by atoms with van der Waals surface area (Å²) in [5, 5.41) is 6.84. The Morgan fingerprint density at radius 2 is 1.84 bits per heavy atom. The summed E-state index contributed by atoms with van der Waals surface area (Å²) in [5.74, 6) is 1.60. The minimum atomic E-state index is 0. The zero-order valence-corrected chi connectivity index (χ0v) is 21.3. The summed E-state index contributed by atoms with van der Waals surface area (Å²) in [6.07, 6.45) is 7.05. The number of nitrogens with one attached hydrogen (secondary N) is 2. The second-order valence-electron chi connectivity index (χ2n) is 8.91. The Kier molecular flexibility index (Phi) is 9.19. The minimum Gasteiger partial charge on any atom is -0.357 e. The summed E-state index contributed by atoms with van der Waals surface area (Å²) in [7, 11) is 0. The van der Waals surface area contributed by atoms with Gasteiger partial charge < -0.3 is 20.4 Å². The van der Waals surface area contributed by atoms with Crippen molar-refractivity contribution >= 4 is 47.4 Å². The third-order valence-electron chi connectivity index (χ3n) is 6.63. The highest BCUT2D eigenvalue weighted by Gasteiger charge is 2.32. The fourth-order valence-corrected chi connectivity index (χ4v) is 4.90. The summed E-state index contributed by atoms with van der Waals surface area (Å²) in [6.45, 7) is 5.83. The van der Waals surface area contributed by atoms with Gasteiger partial charge in [0.2, 0.25) is 11.8 Å². The second-order valence-corrected chi connectivity index (χ2v) is 8.91. The molecule has 1 aromatic rings. The quantitative estimate of drug-likeness (QED) is 0.322. The number of aliphatic imine (C=N–C) groups is 1. The molecule has 1 atom stereocenters. The van der Waals surface area contributed by atoms with Crippen LogP contribution in [-0.2, 0) is 16.1 Å². The zero-order chi connectivity index (χ0) is 21.6. The number of halogens is 1. The van der Waals surface area contributed by atoms with Crippen LogP contribution >= 0.6 is 24.0 Å². The van der Waals surface area contributed by atoms with Crippen molar-refractivity contribution in [2.45, 2.75) is 64.5 Å². The number of likely N-dealkylation sites (tertiary alicyclic amines) is 1. The van der Waals surface area contributed by atoms with Crippen LogP contribution in [0, 0.1) is 5.92 Å². The number of anilines is 1. The van der Waals surface area contributed by atoms with Gasteiger partial charge in [0.15, 0.2) is 5.96 Å². The molecule has 2 amide bonds. The molecule has 7 nitrogen and oxygen atoms in total. The highest BCUT2D eigenvalue weighted by atomic mass is 127. The van der Waals surface area contributed by atoms with E-state index < -0.39 is 0 Å². The van der Waals surface area contributed by atoms with Gasteiger partial charge in [0, 0.05) is 50.2 Å². The van der Waals surface area contributed by atoms with Gasteiger partial charge in [0.05, 0.1) is 6.54 Å². The summed E-state index contributed by atoms with van der Waals surface area (Å²) in [6, 6.07) is 8.36. The number of carbonyl (C=O) groups excluding carboxylic acids is 2. The Bertz CT molecular complexity index is 807. The second kappa shape index (κ2) is 11.9. The number of guanidine groups is 1. The maximum atomic E-state index is 12.7. The summed E-state index contributed by atoms with van der Waals surface area (Å²) in [4.78, 5) is 33.2. The molecule has 0 radical (unpaired) electrons. The maximum Gasteiger partial charge on any atom is 0.227 e. The third kappa shape index (κ3) is 6.14. The van der Waals surface area contributed by atoms with Gasteiger partial charge >= 0.3 is 0 Å². The molecule has 3 fully saturated rings. The highest BCUT2D eigenvalue weighted by molar-refractivity contribution is 14.0. The average molecular weight is 553 g/mol. The maximum absolute atomic E-state index is 12.7. The molecule has 0 spiro atoms. The Morgan fingerprint density at radius 3 is 2.50 bits per heavy atom. The van der Waals surface area contributed by atoms with Crippen LogP contribution in [0.25, 0.3) is 0 Å². The lowest BCUT2D eigenvalue weighted by molar-refractivity contribution is -0.134. The molecule has 1 aliphatic carbocycles. The van der Waals surface area contributed by atoms with E-state index in [2.05, 4.69) is 17.6 Å². The lowest BCUT2D eigenvalue weighted by Crippen LogP contribution is -2.45. The van der Waals surface area contributed by atoms with E-state index in [0.29, 0.717) is 18.9 Å². The summed E-state index contributed by atoms with van der Waals surface area (Å²) < 4.78 is 0. The molecule has 3 aliphatic rings. The molecule has 1 unspecified atom stereocenters. The Labute approximate surface area is 208 Å². The van der Waals surface area contributed by atoms with Crippen molar-refractivity contribution < 1.29 is 9.59 Å². The molecule has 4 rings (SSSR count). The van der Waals surface area contributed by atoms with Crippen LogP contribution in [0.15, 0.2) is 29.3 Å². The van der Waals surface area contributed by atoms with Gasteiger partial charge in [-0.15, -0.1) is 24.0 Å². The molecule has 0 bridgehead atoms. The molecule has 32 heavy (non-hydrogen) atoms. The van der Waals surface area contributed by atoms with E-state index in [0.717, 1.165) is 69.1 Å². The van der Waals surface area contributed by atoms with Crippen molar-refractivity contribution in [2.75, 3.05) is 31.1 Å². The molecule has 2 saturated heterocycles. The fraction of sp³-hybridized carbons (Fsp3) is 0.625. The predicted molar refractivity (Wildman–Crippen MR) is 138 cm³/mol. The van der Waals surface area contributed by atoms with E-state index in [1.54, 1.807) is 0 Å². The fourth-order valence-electron chi connectivity index (χ4n) is 4.90. The molecular weight excluding hydrogens is 517 g/mol. The number of hydrogen-bond donors (Lipinski definition) is 2. The highest BCUT2D eigenvalue weighted by Crippen LogP contribution is 2.28. The van der Waals surface area contributed by atoms with E-state index >= 15 is 0 Å². The van der Waals surface area contributed by atoms with E-state index in [1.807, 2.05) is 34.1 Å². The molecule has 0 aromatic heterocycles. The van der Waals surface area contributed by atoms with Crippen LogP contribution in [0.1, 0.15) is 57.4 Å². The van der Waals surface area contributed by atoms with Gasteiger partial charge in [-0.2, -0.15) is 0 Å². The van der Waals surface area contributed by atoms with Crippen LogP contribution in [0.4, 0.5) is 5.69 Å². The van der Waals surface area contributed by atoms with Gasteiger partial charge in [-0.25, -0.2) is 4.99 Å². The van der Waals surface area contributed by atoms with Crippen molar-refractivity contribution in [1.29, 1.82) is 0 Å². The lowest BCUT2D eigenvalue weighted by atomic mass is 10.1. The smallest absolute Gasteiger partial charge is 0.227 e. The van der Waals surface area contributed by atoms with E-state index in [-0.39, 0.29) is 41.8 Å². The standard InChI is InChI=1S/C24H35N5O2.HI/c1-2-25-24(27-20-13-15-28(17-20)23(31)19-6-3-4-7-19)26-16-18-9-11-21(12-10-18)29-14-5-8-22(29)30;/h9-12,19-20H,2-8,13-17H2,1H3,(H2,25,26,27);1H. The van der Waals surface area contributed by atoms with Crippen molar-refractivity contribution in [2.24, 2.45) is 10.9 Å². The molecule has 8 heteroatoms. The monoisotopic (exact) mass is 553 g/mol. The largest absolute Gasteiger partial charge is 0.357 e. The first kappa shape index (κ1) is 24.8. The van der Waals surface area contributed by atoms with Crippen molar-refractivity contribution in [3.63, 3.8) is 0 Å². The van der Waals surface area contributed by atoms with Crippen molar-refractivity contribution in [1.82, 2.24) is 15.5 Å². The summed E-state index contributed by atoms with van der Waals surface area (Å²) >= 11 is 0. The molecule has 176 valence electrons. The van der Waals surface area contributed by atoms with Gasteiger partial charge in [-0.05, 0) is 50.3 Å². The van der Waals surface area contributed by atoms with E-state index in [4.69, 9.17) is 4.99 Å². The molecule has 2 N–H and O–H groups in total. The predicted octanol–water partition coefficient (Wildman–Crippen LogP) is 3.28. The molecule has 2 heterocycles. The Hall–Kier alpha value is -1.84. The number of amides is 2. The number of rotatable bonds is 6. The molecule has 2 aliphatic heterocycles. The van der Waals surface area contributed by atoms with E-state index in [9.17, 15) is 9.59 Å². The Balaban J connectivity index is 0.00000289. The average Bonchev–Trinajstić information content (AvgIpc) is 3.54. The van der Waals surface area contributed by atoms with Crippen LogP contribution < -0.4 is 15.5 Å². The van der Waals surface area contributed by atoms with Crippen LogP contribution in [0.2, 0.25) is 0 Å². The van der Waals surface area contributed by atoms with Crippen LogP contribution in [0.3, 0.4) is 0 Å². The number of benzene rings is 1. The van der Waals surface area contributed by atoms with Crippen LogP contribution in [0.5, 0.6) is 0 Å². The number of carbonyl (C=O) groups is 2. The Morgan fingerprint density at radius 1 is 1.09 bits per heavy atom. The molecule has 1 aromatic carbocycles. The lowest BCUT2D eigenvalue weighted by Gasteiger charge is -2.21. The number of nitrogens with zero attached hydrogens (tertiary/aromatic N) is 3. The molecule has 1 saturated carbocycles. The first-order valence-corrected chi connectivity index (χ1v) is 11.9. The number of hydrogen-bond acceptors (Lipinski definition) is 3. The normalized spacial score (nSPS) is 21.7. The summed E-state index contributed by atoms with van der Waals surface area (Å²) in [5.41, 5.74) is 2.08. The van der Waals surface area contributed by atoms with Gasteiger partial charge in [0.25, 0.3) is 0 Å². The van der Waals surface area contributed by atoms with Gasteiger partial charge in [-0.1, -0.05) is 25.0 Å². The SMILES string of the molecule is CCNC(=NCc1ccc(N2CCCC2=O)cc1)NC1CCN(C(=O)C2CCCC2)C1.I. The van der Waals surface area contributed by atoms with Crippen molar-refractivity contribution in [3.05, 3.63) is 29.8 Å². The van der Waals surface area contributed by atoms with Crippen molar-refractivity contribution in [3.8, 4) is 0 Å². The minimum absolute atomic E-state index is 0. The van der Waals surface area contributed by atoms with E-state index in [1.165, 1.54) is 12.8 Å². The first-order chi connectivity index (χ1) is 15.1.